The highest BCUT2D eigenvalue weighted by Crippen LogP contribution is 2.33. The van der Waals surface area contributed by atoms with Gasteiger partial charge in [0.1, 0.15) is 16.7 Å². The molecule has 0 bridgehead atoms. The number of benzene rings is 1. The lowest BCUT2D eigenvalue weighted by atomic mass is 10.1. The summed E-state index contributed by atoms with van der Waals surface area (Å²) in [6.07, 6.45) is 0. The van der Waals surface area contributed by atoms with Gasteiger partial charge < -0.3 is 9.52 Å². The first kappa shape index (κ1) is 16.7. The Bertz CT molecular complexity index is 928. The van der Waals surface area contributed by atoms with E-state index in [1.807, 2.05) is 0 Å². The maximum Gasteiger partial charge on any atom is 0.349 e. The van der Waals surface area contributed by atoms with E-state index < -0.39 is 51.2 Å². The van der Waals surface area contributed by atoms with Gasteiger partial charge in [0.2, 0.25) is 11.6 Å². The molecule has 0 aliphatic carbocycles. The fraction of sp³-hybridized carbons (Fsp3) is 0.214. The molecule has 1 N–H and O–H groups in total. The summed E-state index contributed by atoms with van der Waals surface area (Å²) in [5.74, 6) is -9.21. The van der Waals surface area contributed by atoms with Crippen molar-refractivity contribution in [3.63, 3.8) is 0 Å². The van der Waals surface area contributed by atoms with E-state index in [9.17, 15) is 27.5 Å². The van der Waals surface area contributed by atoms with E-state index in [1.165, 1.54) is 6.92 Å². The average molecular weight is 330 g/mol. The minimum Gasteiger partial charge on any atom is -0.506 e. The molecule has 9 heteroatoms. The summed E-state index contributed by atoms with van der Waals surface area (Å²) in [7, 11) is 0. The predicted octanol–water partition coefficient (Wildman–Crippen LogP) is 3.26. The Hall–Kier alpha value is -2.71. The summed E-state index contributed by atoms with van der Waals surface area (Å²) in [6.45, 7) is 4.46. The third-order valence-corrected chi connectivity index (χ3v) is 2.86. The van der Waals surface area contributed by atoms with Crippen molar-refractivity contribution in [2.24, 2.45) is 10.2 Å². The Kier molecular flexibility index (Phi) is 4.22. The average Bonchev–Trinajstić information content (AvgIpc) is 2.48. The van der Waals surface area contributed by atoms with Crippen LogP contribution in [0, 0.1) is 23.3 Å². The zero-order chi connectivity index (χ0) is 17.5. The monoisotopic (exact) mass is 330 g/mol. The number of hydrogen-bond donors (Lipinski definition) is 1. The number of aromatic hydroxyl groups is 1. The Labute approximate surface area is 126 Å². The van der Waals surface area contributed by atoms with Crippen LogP contribution >= 0.6 is 0 Å². The van der Waals surface area contributed by atoms with Crippen molar-refractivity contribution in [2.75, 3.05) is 0 Å². The molecule has 0 fully saturated rings. The van der Waals surface area contributed by atoms with Crippen LogP contribution in [0.3, 0.4) is 0 Å². The Morgan fingerprint density at radius 2 is 1.52 bits per heavy atom. The lowest BCUT2D eigenvalue weighted by Gasteiger charge is -2.08. The van der Waals surface area contributed by atoms with Crippen LogP contribution in [0.1, 0.15) is 26.3 Å². The molecule has 1 heterocycles. The van der Waals surface area contributed by atoms with E-state index >= 15 is 0 Å². The van der Waals surface area contributed by atoms with E-state index in [2.05, 4.69) is 14.6 Å². The maximum atomic E-state index is 13.8. The normalized spacial score (nSPS) is 11.9. The van der Waals surface area contributed by atoms with Gasteiger partial charge in [0.25, 0.3) is 0 Å². The highest BCUT2D eigenvalue weighted by atomic mass is 19.2. The van der Waals surface area contributed by atoms with Crippen molar-refractivity contribution in [2.45, 2.75) is 20.8 Å². The molecule has 122 valence electrons. The highest BCUT2D eigenvalue weighted by molar-refractivity contribution is 6.05. The molecule has 2 aromatic rings. The van der Waals surface area contributed by atoms with Crippen molar-refractivity contribution >= 4 is 22.4 Å². The third kappa shape index (κ3) is 2.69. The molecule has 5 nitrogen and oxygen atoms in total. The van der Waals surface area contributed by atoms with Gasteiger partial charge in [0.15, 0.2) is 17.2 Å². The van der Waals surface area contributed by atoms with Crippen molar-refractivity contribution < 1.29 is 27.1 Å². The van der Waals surface area contributed by atoms with Crippen LogP contribution in [0.4, 0.5) is 17.6 Å². The summed E-state index contributed by atoms with van der Waals surface area (Å²) in [6, 6.07) is 0. The summed E-state index contributed by atoms with van der Waals surface area (Å²) in [4.78, 5) is 11.8. The highest BCUT2D eigenvalue weighted by Gasteiger charge is 2.28. The minimum absolute atomic E-state index is 0.177. The SMILES string of the molecule is CC(C)=N/N=C(\C)c1c(O)c2c(F)c(F)c(F)c(F)c2oc1=O. The first-order valence-electron chi connectivity index (χ1n) is 6.24. The van der Waals surface area contributed by atoms with Gasteiger partial charge >= 0.3 is 5.63 Å². The molecular formula is C14H10F4N2O3. The van der Waals surface area contributed by atoms with E-state index in [0.29, 0.717) is 5.71 Å². The lowest BCUT2D eigenvalue weighted by molar-refractivity contribution is 0.398. The molecule has 1 aromatic carbocycles. The molecule has 0 atom stereocenters. The van der Waals surface area contributed by atoms with Crippen LogP contribution in [0.2, 0.25) is 0 Å². The number of nitrogens with zero attached hydrogens (tertiary/aromatic N) is 2. The molecule has 23 heavy (non-hydrogen) atoms. The molecule has 0 aliphatic heterocycles. The van der Waals surface area contributed by atoms with Crippen LogP contribution in [0.5, 0.6) is 5.75 Å². The van der Waals surface area contributed by atoms with Crippen LogP contribution in [0.25, 0.3) is 11.0 Å². The third-order valence-electron chi connectivity index (χ3n) is 2.86. The summed E-state index contributed by atoms with van der Waals surface area (Å²) >= 11 is 0. The molecule has 2 rings (SSSR count). The van der Waals surface area contributed by atoms with Gasteiger partial charge in [0.05, 0.1) is 5.71 Å². The number of hydrogen-bond acceptors (Lipinski definition) is 5. The molecule has 0 saturated carbocycles. The summed E-state index contributed by atoms with van der Waals surface area (Å²) in [5, 5.41) is 16.2. The Morgan fingerprint density at radius 3 is 2.09 bits per heavy atom. The molecule has 0 unspecified atom stereocenters. The van der Waals surface area contributed by atoms with Crippen molar-refractivity contribution in [1.29, 1.82) is 0 Å². The van der Waals surface area contributed by atoms with Crippen LogP contribution < -0.4 is 5.63 Å². The molecule has 0 saturated heterocycles. The van der Waals surface area contributed by atoms with Gasteiger partial charge in [-0.15, -0.1) is 0 Å². The number of fused-ring (bicyclic) bond motifs is 1. The summed E-state index contributed by atoms with van der Waals surface area (Å²) < 4.78 is 58.4. The van der Waals surface area contributed by atoms with E-state index in [1.54, 1.807) is 13.8 Å². The second-order valence-corrected chi connectivity index (χ2v) is 4.81. The van der Waals surface area contributed by atoms with E-state index in [0.717, 1.165) is 0 Å². The molecule has 0 radical (unpaired) electrons. The fourth-order valence-corrected chi connectivity index (χ4v) is 1.83. The van der Waals surface area contributed by atoms with Gasteiger partial charge in [-0.25, -0.2) is 18.0 Å². The quantitative estimate of drug-likeness (QED) is 0.229. The van der Waals surface area contributed by atoms with Gasteiger partial charge in [-0.05, 0) is 20.8 Å². The van der Waals surface area contributed by atoms with Gasteiger partial charge in [-0.2, -0.15) is 14.6 Å². The van der Waals surface area contributed by atoms with Crippen LogP contribution in [0.15, 0.2) is 19.4 Å². The van der Waals surface area contributed by atoms with Gasteiger partial charge in [0, 0.05) is 5.71 Å². The number of halogens is 4. The smallest absolute Gasteiger partial charge is 0.349 e. The molecule has 0 amide bonds. The second kappa shape index (κ2) is 5.82. The zero-order valence-electron chi connectivity index (χ0n) is 12.2. The van der Waals surface area contributed by atoms with Crippen molar-refractivity contribution in [3.05, 3.63) is 39.3 Å². The predicted molar refractivity (Wildman–Crippen MR) is 75.0 cm³/mol. The molecule has 0 spiro atoms. The fourth-order valence-electron chi connectivity index (χ4n) is 1.83. The Balaban J connectivity index is 2.94. The van der Waals surface area contributed by atoms with E-state index in [4.69, 9.17) is 0 Å². The summed E-state index contributed by atoms with van der Waals surface area (Å²) in [5.41, 5.74) is -2.82. The maximum absolute atomic E-state index is 13.8. The van der Waals surface area contributed by atoms with Gasteiger partial charge in [-0.1, -0.05) is 0 Å². The molecular weight excluding hydrogens is 320 g/mol. The topological polar surface area (TPSA) is 75.2 Å². The molecule has 1 aromatic heterocycles. The first-order valence-corrected chi connectivity index (χ1v) is 6.24. The van der Waals surface area contributed by atoms with E-state index in [-0.39, 0.29) is 5.71 Å². The minimum atomic E-state index is -2.15. The number of rotatable bonds is 2. The molecule has 0 aliphatic rings. The van der Waals surface area contributed by atoms with Crippen molar-refractivity contribution in [1.82, 2.24) is 0 Å². The van der Waals surface area contributed by atoms with Crippen molar-refractivity contribution in [3.8, 4) is 5.75 Å². The van der Waals surface area contributed by atoms with Crippen LogP contribution in [-0.2, 0) is 0 Å². The zero-order valence-corrected chi connectivity index (χ0v) is 12.2. The Morgan fingerprint density at radius 1 is 0.957 bits per heavy atom. The first-order chi connectivity index (χ1) is 10.7. The van der Waals surface area contributed by atoms with Gasteiger partial charge in [-0.3, -0.25) is 0 Å². The van der Waals surface area contributed by atoms with Crippen LogP contribution in [-0.4, -0.2) is 16.5 Å². The largest absolute Gasteiger partial charge is 0.506 e. The second-order valence-electron chi connectivity index (χ2n) is 4.81. The lowest BCUT2D eigenvalue weighted by Crippen LogP contribution is -2.14. The standard InChI is InChI=1S/C14H10F4N2O3/c1-4(2)19-20-5(3)6-12(21)7-8(15)9(16)10(17)11(18)13(7)23-14(6)22/h21H,1-3H3/b20-5+.